The van der Waals surface area contributed by atoms with E-state index < -0.39 is 5.97 Å². The van der Waals surface area contributed by atoms with Gasteiger partial charge in [-0.05, 0) is 218 Å². The van der Waals surface area contributed by atoms with Crippen LogP contribution < -0.4 is 5.32 Å². The number of aliphatic hydroxyl groups excluding tert-OH is 1. The fourth-order valence-electron chi connectivity index (χ4n) is 16.1. The summed E-state index contributed by atoms with van der Waals surface area (Å²) in [6.07, 6.45) is 26.9. The van der Waals surface area contributed by atoms with E-state index in [1.165, 1.54) is 122 Å². The number of ether oxygens (including phenoxy) is 3. The SMILES string of the molecule is C.CCC1(CC)CC[C@@H](N2CCCC2)[C@H](N(C)C(=O)Cc2ccc(Cl)c(Cl)c2)C1.CCC1(CC)CC[C@@H](N2CCCC2)[C@H](NC)C1.CCC1(CCOCCOCCOCCO)CC[C@@H](N(C)C(=O)Cc2ccc(Cl)c(Cl)c2)[C@H](N2CCCC2)C1.O=C(O)Cc1ccc(Cl)c(Cl)c1. The number of aliphatic hydroxyl groups is 1. The first-order valence-corrected chi connectivity index (χ1v) is 38.2. The van der Waals surface area contributed by atoms with Crippen LogP contribution in [0.3, 0.4) is 0 Å². The average Bonchev–Trinajstić information content (AvgIpc) is 1.28. The van der Waals surface area contributed by atoms with Gasteiger partial charge in [0.2, 0.25) is 11.8 Å². The molecule has 1 unspecified atom stereocenters. The van der Waals surface area contributed by atoms with Crippen LogP contribution in [-0.4, -0.2) is 195 Å². The molecule has 0 spiro atoms. The molecule has 3 N–H and O–H groups in total. The number of nitrogens with zero attached hydrogens (tertiary/aromatic N) is 5. The highest BCUT2D eigenvalue weighted by molar-refractivity contribution is 6.43. The summed E-state index contributed by atoms with van der Waals surface area (Å²) in [5, 5.41) is 23.6. The minimum atomic E-state index is -0.881. The van der Waals surface area contributed by atoms with E-state index in [1.807, 2.05) is 42.1 Å². The lowest BCUT2D eigenvalue weighted by Gasteiger charge is -2.50. The zero-order valence-electron chi connectivity index (χ0n) is 58.7. The van der Waals surface area contributed by atoms with Gasteiger partial charge < -0.3 is 39.5 Å². The molecule has 3 aromatic carbocycles. The van der Waals surface area contributed by atoms with E-state index in [2.05, 4.69) is 61.7 Å². The van der Waals surface area contributed by atoms with Crippen LogP contribution in [0.25, 0.3) is 0 Å². The number of likely N-dealkylation sites (tertiary alicyclic amines) is 3. The lowest BCUT2D eigenvalue weighted by Crippen LogP contribution is -2.56. The van der Waals surface area contributed by atoms with Crippen LogP contribution in [0.2, 0.25) is 30.1 Å². The number of hydrogen-bond donors (Lipinski definition) is 3. The molecule has 544 valence electrons. The van der Waals surface area contributed by atoms with Crippen molar-refractivity contribution in [3.63, 3.8) is 0 Å². The first-order chi connectivity index (χ1) is 45.6. The van der Waals surface area contributed by atoms with Gasteiger partial charge in [-0.25, -0.2) is 0 Å². The number of aliphatic carboxylic acids is 1. The third-order valence-corrected chi connectivity index (χ3v) is 24.9. The normalized spacial score (nSPS) is 24.1. The van der Waals surface area contributed by atoms with E-state index in [1.54, 1.807) is 36.4 Å². The molecule has 3 saturated carbocycles. The fourth-order valence-corrected chi connectivity index (χ4v) is 17.1. The van der Waals surface area contributed by atoms with E-state index >= 15 is 0 Å². The van der Waals surface area contributed by atoms with Gasteiger partial charge in [0.25, 0.3) is 0 Å². The Hall–Kier alpha value is -2.51. The number of likely N-dealkylation sites (N-methyl/N-ethyl adjacent to an activating group) is 3. The third kappa shape index (κ3) is 25.2. The van der Waals surface area contributed by atoms with Gasteiger partial charge in [-0.1, -0.05) is 162 Å². The van der Waals surface area contributed by atoms with Crippen molar-refractivity contribution in [2.24, 2.45) is 16.2 Å². The number of carboxylic acids is 1. The maximum Gasteiger partial charge on any atom is 0.307 e. The summed E-state index contributed by atoms with van der Waals surface area (Å²) in [6.45, 7) is 22.2. The summed E-state index contributed by atoms with van der Waals surface area (Å²) in [5.41, 5.74) is 3.71. The second-order valence-corrected chi connectivity index (χ2v) is 30.4. The topological polar surface area (TPSA) is 148 Å². The number of amides is 2. The van der Waals surface area contributed by atoms with Gasteiger partial charge >= 0.3 is 5.97 Å². The molecule has 96 heavy (non-hydrogen) atoms. The number of carbonyl (C=O) groups excluding carboxylic acids is 2. The Bertz CT molecular complexity index is 2780. The van der Waals surface area contributed by atoms with Gasteiger partial charge in [0, 0.05) is 57.0 Å². The zero-order valence-corrected chi connectivity index (χ0v) is 63.2. The fraction of sp³-hybridized carbons (Fsp3) is 0.724. The van der Waals surface area contributed by atoms with Crippen LogP contribution in [0.1, 0.15) is 194 Å². The van der Waals surface area contributed by atoms with Crippen molar-refractivity contribution in [3.8, 4) is 0 Å². The van der Waals surface area contributed by atoms with Crippen molar-refractivity contribution in [2.75, 3.05) is 107 Å². The summed E-state index contributed by atoms with van der Waals surface area (Å²) < 4.78 is 16.7. The van der Waals surface area contributed by atoms with Crippen molar-refractivity contribution >= 4 is 87.4 Å². The number of halogens is 6. The molecule has 2 amide bonds. The van der Waals surface area contributed by atoms with Crippen LogP contribution in [0.15, 0.2) is 54.6 Å². The first kappa shape index (κ1) is 84.1. The Morgan fingerprint density at radius 3 is 1.28 bits per heavy atom. The Morgan fingerprint density at radius 2 is 0.865 bits per heavy atom. The molecule has 3 aliphatic carbocycles. The molecule has 6 aliphatic rings. The minimum Gasteiger partial charge on any atom is -0.481 e. The van der Waals surface area contributed by atoms with E-state index in [9.17, 15) is 14.4 Å². The molecule has 3 heterocycles. The third-order valence-electron chi connectivity index (χ3n) is 22.7. The number of carboxylic acid groups (broad SMARTS) is 1. The maximum atomic E-state index is 13.4. The molecule has 3 aliphatic heterocycles. The van der Waals surface area contributed by atoms with Gasteiger partial charge in [0.05, 0.1) is 89.0 Å². The molecule has 3 saturated heterocycles. The number of benzene rings is 3. The molecule has 9 rings (SSSR count). The van der Waals surface area contributed by atoms with Crippen molar-refractivity contribution in [3.05, 3.63) is 101 Å². The van der Waals surface area contributed by atoms with E-state index in [0.29, 0.717) is 111 Å². The Kier molecular flexibility index (Phi) is 37.5. The van der Waals surface area contributed by atoms with Crippen molar-refractivity contribution in [1.29, 1.82) is 0 Å². The number of rotatable bonds is 28. The summed E-state index contributed by atoms with van der Waals surface area (Å²) in [5.74, 6) is -0.573. The molecule has 7 atom stereocenters. The van der Waals surface area contributed by atoms with Gasteiger partial charge in [0.1, 0.15) is 0 Å². The minimum absolute atomic E-state index is 0. The first-order valence-electron chi connectivity index (χ1n) is 35.9. The Morgan fingerprint density at radius 1 is 0.490 bits per heavy atom. The Labute approximate surface area is 608 Å². The van der Waals surface area contributed by atoms with Crippen molar-refractivity contribution in [2.45, 2.75) is 232 Å². The molecule has 14 nitrogen and oxygen atoms in total. The predicted molar refractivity (Wildman–Crippen MR) is 399 cm³/mol. The van der Waals surface area contributed by atoms with Gasteiger partial charge in [-0.2, -0.15) is 0 Å². The molecule has 0 radical (unpaired) electrons. The van der Waals surface area contributed by atoms with Crippen LogP contribution in [-0.2, 0) is 47.9 Å². The largest absolute Gasteiger partial charge is 0.481 e. The van der Waals surface area contributed by atoms with E-state index in [0.717, 1.165) is 81.4 Å². The van der Waals surface area contributed by atoms with Crippen LogP contribution in [0.5, 0.6) is 0 Å². The van der Waals surface area contributed by atoms with Crippen LogP contribution in [0.4, 0.5) is 0 Å². The molecule has 0 aromatic heterocycles. The Balaban J connectivity index is 0.000000250. The van der Waals surface area contributed by atoms with Crippen LogP contribution in [0, 0.1) is 16.2 Å². The number of carbonyl (C=O) groups is 3. The second kappa shape index (κ2) is 42.8. The quantitative estimate of drug-likeness (QED) is 0.0595. The molecule has 0 bridgehead atoms. The van der Waals surface area contributed by atoms with Crippen LogP contribution >= 0.6 is 69.6 Å². The lowest BCUT2D eigenvalue weighted by molar-refractivity contribution is -0.136. The van der Waals surface area contributed by atoms with E-state index in [4.69, 9.17) is 94.0 Å². The summed E-state index contributed by atoms with van der Waals surface area (Å²) >= 11 is 35.7. The highest BCUT2D eigenvalue weighted by Crippen LogP contribution is 2.48. The highest BCUT2D eigenvalue weighted by atomic mass is 35.5. The molecule has 6 fully saturated rings. The van der Waals surface area contributed by atoms with Gasteiger partial charge in [-0.3, -0.25) is 29.1 Å². The standard InChI is InChI=1S/C29H46Cl2N2O5.C23H34Cl2N2O.C15H30N2.C8H6Cl2O2.CH4/c1-3-29(10-14-36-16-18-38-19-17-37-15-13-34)9-8-26(27(22-29)33-11-4-5-12-33)32(2)28(35)21-23-6-7-24(30)25(31)20-23;1-4-23(5-2)11-10-20(27-12-6-7-13-27)21(16-23)26(3)22(28)15-17-8-9-18(24)19(25)14-17;1-4-15(5-2)9-8-14(13(12-15)16-3)17-10-6-7-11-17;9-6-2-1-5(3-7(6)10)4-8(11)12;/h6-7,20,26-27,34H,3-5,8-19,21-22H2,1-2H3;8-9,14,20-21H,4-7,10-13,15-16H2,1-3H3;13-14,16H,4-12H2,1-3H3;1-3H,4H2,(H,11,12);1H4/t26-,27-,29?;20-,21-;13-,14-;;/m111../s1. The smallest absolute Gasteiger partial charge is 0.307 e. The van der Waals surface area contributed by atoms with Gasteiger partial charge in [-0.15, -0.1) is 0 Å². The molecular weight excluding hydrogens is 1340 g/mol. The maximum absolute atomic E-state index is 13.4. The van der Waals surface area contributed by atoms with Crippen molar-refractivity contribution in [1.82, 2.24) is 29.8 Å². The lowest BCUT2D eigenvalue weighted by atomic mass is 9.66. The molecule has 20 heteroatoms. The highest BCUT2D eigenvalue weighted by Gasteiger charge is 2.46. The summed E-state index contributed by atoms with van der Waals surface area (Å²) in [4.78, 5) is 48.9. The zero-order chi connectivity index (χ0) is 69.1. The van der Waals surface area contributed by atoms with E-state index in [-0.39, 0.29) is 43.7 Å². The number of nitrogens with one attached hydrogen (secondary N) is 1. The summed E-state index contributed by atoms with van der Waals surface area (Å²) in [7, 11) is 6.15. The predicted octanol–water partition coefficient (Wildman–Crippen LogP) is 16.9. The number of hydrogen-bond acceptors (Lipinski definition) is 11. The molecular formula is C76H120Cl6N6O8. The van der Waals surface area contributed by atoms with Gasteiger partial charge in [0.15, 0.2) is 0 Å². The molecule has 3 aromatic rings. The monoisotopic (exact) mass is 1450 g/mol. The van der Waals surface area contributed by atoms with Crippen molar-refractivity contribution < 1.29 is 38.8 Å². The average molecular weight is 1460 g/mol. The summed E-state index contributed by atoms with van der Waals surface area (Å²) in [6, 6.07) is 18.6. The second-order valence-electron chi connectivity index (χ2n) is 27.9.